The zero-order valence-electron chi connectivity index (χ0n) is 11.9. The Labute approximate surface area is 133 Å². The largest absolute Gasteiger partial charge is 0.484 e. The molecule has 1 saturated heterocycles. The highest BCUT2D eigenvalue weighted by Crippen LogP contribution is 2.19. The minimum absolute atomic E-state index is 0. The topological polar surface area (TPSA) is 71.8 Å². The van der Waals surface area contributed by atoms with E-state index in [0.717, 1.165) is 18.5 Å². The third kappa shape index (κ3) is 3.78. The van der Waals surface area contributed by atoms with Crippen molar-refractivity contribution in [1.29, 1.82) is 0 Å². The van der Waals surface area contributed by atoms with E-state index in [1.54, 1.807) is 29.2 Å². The fourth-order valence-electron chi connectivity index (χ4n) is 2.28. The van der Waals surface area contributed by atoms with Crippen molar-refractivity contribution >= 4 is 29.3 Å². The lowest BCUT2D eigenvalue weighted by Crippen LogP contribution is -2.47. The normalized spacial score (nSPS) is 14.5. The number of halogens is 1. The zero-order valence-corrected chi connectivity index (χ0v) is 12.7. The second-order valence-corrected chi connectivity index (χ2v) is 4.87. The highest BCUT2D eigenvalue weighted by Gasteiger charge is 2.16. The summed E-state index contributed by atoms with van der Waals surface area (Å²) >= 11 is 0. The lowest BCUT2D eigenvalue weighted by atomic mass is 10.2. The second-order valence-electron chi connectivity index (χ2n) is 4.87. The van der Waals surface area contributed by atoms with Gasteiger partial charge in [0.2, 0.25) is 0 Å². The van der Waals surface area contributed by atoms with Gasteiger partial charge in [0.25, 0.3) is 5.91 Å². The summed E-state index contributed by atoms with van der Waals surface area (Å²) in [5.74, 6) is 0.478. The number of amides is 1. The second kappa shape index (κ2) is 7.29. The van der Waals surface area contributed by atoms with Crippen LogP contribution in [0.4, 0.5) is 0 Å². The lowest BCUT2D eigenvalue weighted by molar-refractivity contribution is -0.133. The van der Waals surface area contributed by atoms with E-state index in [9.17, 15) is 9.59 Å². The molecule has 118 valence electrons. The van der Waals surface area contributed by atoms with Crippen molar-refractivity contribution in [2.24, 2.45) is 0 Å². The Bertz CT molecular complexity index is 710. The maximum Gasteiger partial charge on any atom is 0.336 e. The average Bonchev–Trinajstić information content (AvgIpc) is 2.53. The summed E-state index contributed by atoms with van der Waals surface area (Å²) in [4.78, 5) is 25.0. The first-order valence-corrected chi connectivity index (χ1v) is 6.87. The summed E-state index contributed by atoms with van der Waals surface area (Å²) < 4.78 is 10.6. The molecule has 0 saturated carbocycles. The molecule has 0 aliphatic carbocycles. The van der Waals surface area contributed by atoms with Crippen LogP contribution in [0.5, 0.6) is 5.75 Å². The van der Waals surface area contributed by atoms with Crippen LogP contribution in [0.1, 0.15) is 0 Å². The van der Waals surface area contributed by atoms with Gasteiger partial charge in [0, 0.05) is 43.7 Å². The first-order chi connectivity index (χ1) is 10.2. The minimum atomic E-state index is -0.406. The van der Waals surface area contributed by atoms with Gasteiger partial charge in [-0.1, -0.05) is 0 Å². The monoisotopic (exact) mass is 324 g/mol. The number of carbonyl (C=O) groups is 1. The van der Waals surface area contributed by atoms with Gasteiger partial charge in [0.05, 0.1) is 0 Å². The molecule has 6 nitrogen and oxygen atoms in total. The van der Waals surface area contributed by atoms with E-state index in [2.05, 4.69) is 5.32 Å². The molecule has 1 aromatic carbocycles. The summed E-state index contributed by atoms with van der Waals surface area (Å²) in [6.07, 6.45) is 0. The number of ether oxygens (including phenoxy) is 1. The highest BCUT2D eigenvalue weighted by atomic mass is 35.5. The quantitative estimate of drug-likeness (QED) is 0.854. The minimum Gasteiger partial charge on any atom is -0.484 e. The Balaban J connectivity index is 0.00000176. The molecule has 2 heterocycles. The van der Waals surface area contributed by atoms with E-state index in [1.807, 2.05) is 0 Å². The molecule has 1 aliphatic rings. The molecule has 0 atom stereocenters. The van der Waals surface area contributed by atoms with Gasteiger partial charge in [-0.2, -0.15) is 0 Å². The van der Waals surface area contributed by atoms with Crippen LogP contribution in [0.3, 0.4) is 0 Å². The molecule has 3 rings (SSSR count). The van der Waals surface area contributed by atoms with E-state index in [-0.39, 0.29) is 24.9 Å². The van der Waals surface area contributed by atoms with Crippen molar-refractivity contribution in [3.8, 4) is 5.75 Å². The van der Waals surface area contributed by atoms with Gasteiger partial charge in [0.15, 0.2) is 6.61 Å². The standard InChI is InChI=1S/C15H16N2O4.ClH/c18-14(17-7-5-16-6-8-17)10-20-12-3-1-11-2-4-15(19)21-13(11)9-12;/h1-4,9,16H,5-8,10H2;1H. The number of nitrogens with one attached hydrogen (secondary N) is 1. The number of fused-ring (bicyclic) bond motifs is 1. The Morgan fingerprint density at radius 3 is 2.73 bits per heavy atom. The van der Waals surface area contributed by atoms with Gasteiger partial charge in [0.1, 0.15) is 11.3 Å². The van der Waals surface area contributed by atoms with Gasteiger partial charge in [-0.25, -0.2) is 4.79 Å². The molecular weight excluding hydrogens is 308 g/mol. The van der Waals surface area contributed by atoms with Crippen LogP contribution in [0.15, 0.2) is 39.5 Å². The van der Waals surface area contributed by atoms with Crippen LogP contribution >= 0.6 is 12.4 Å². The average molecular weight is 325 g/mol. The van der Waals surface area contributed by atoms with E-state index in [0.29, 0.717) is 24.4 Å². The fraction of sp³-hybridized carbons (Fsp3) is 0.333. The summed E-state index contributed by atoms with van der Waals surface area (Å²) in [6, 6.07) is 8.24. The molecule has 1 aromatic heterocycles. The number of nitrogens with zero attached hydrogens (tertiary/aromatic N) is 1. The Kier molecular flexibility index (Phi) is 5.41. The zero-order chi connectivity index (χ0) is 14.7. The maximum absolute atomic E-state index is 12.0. The Morgan fingerprint density at radius 2 is 1.95 bits per heavy atom. The molecule has 0 bridgehead atoms. The van der Waals surface area contributed by atoms with Gasteiger partial charge in [-0.15, -0.1) is 12.4 Å². The molecule has 1 N–H and O–H groups in total. The molecule has 7 heteroatoms. The van der Waals surface area contributed by atoms with Crippen LogP contribution in [0, 0.1) is 0 Å². The van der Waals surface area contributed by atoms with Gasteiger partial charge in [-0.3, -0.25) is 4.79 Å². The number of piperazine rings is 1. The lowest BCUT2D eigenvalue weighted by Gasteiger charge is -2.27. The van der Waals surface area contributed by atoms with Gasteiger partial charge < -0.3 is 19.4 Å². The third-order valence-corrected chi connectivity index (χ3v) is 3.43. The SMILES string of the molecule is Cl.O=C(COc1ccc2ccc(=O)oc2c1)N1CCNCC1. The van der Waals surface area contributed by atoms with E-state index < -0.39 is 5.63 Å². The smallest absolute Gasteiger partial charge is 0.336 e. The molecule has 0 spiro atoms. The summed E-state index contributed by atoms with van der Waals surface area (Å²) in [6.45, 7) is 3.02. The van der Waals surface area contributed by atoms with Crippen molar-refractivity contribution in [2.45, 2.75) is 0 Å². The number of hydrogen-bond acceptors (Lipinski definition) is 5. The molecule has 1 amide bonds. The molecule has 0 radical (unpaired) electrons. The van der Waals surface area contributed by atoms with Crippen molar-refractivity contribution in [1.82, 2.24) is 10.2 Å². The molecule has 2 aromatic rings. The van der Waals surface area contributed by atoms with Crippen LogP contribution in [0.25, 0.3) is 11.0 Å². The van der Waals surface area contributed by atoms with Gasteiger partial charge in [-0.05, 0) is 18.2 Å². The maximum atomic E-state index is 12.0. The Morgan fingerprint density at radius 1 is 1.23 bits per heavy atom. The number of carbonyl (C=O) groups excluding carboxylic acids is 1. The molecular formula is C15H17ClN2O4. The fourth-order valence-corrected chi connectivity index (χ4v) is 2.28. The van der Waals surface area contributed by atoms with Crippen molar-refractivity contribution in [3.05, 3.63) is 40.8 Å². The van der Waals surface area contributed by atoms with E-state index in [1.165, 1.54) is 6.07 Å². The van der Waals surface area contributed by atoms with E-state index in [4.69, 9.17) is 9.15 Å². The summed E-state index contributed by atoms with van der Waals surface area (Å²) in [5.41, 5.74) is 0.0474. The Hall–Kier alpha value is -2.05. The van der Waals surface area contributed by atoms with E-state index >= 15 is 0 Å². The predicted molar refractivity (Wildman–Crippen MR) is 84.7 cm³/mol. The predicted octanol–water partition coefficient (Wildman–Crippen LogP) is 1.03. The number of hydrogen-bond donors (Lipinski definition) is 1. The van der Waals surface area contributed by atoms with Crippen LogP contribution < -0.4 is 15.7 Å². The first-order valence-electron chi connectivity index (χ1n) is 6.87. The molecule has 22 heavy (non-hydrogen) atoms. The molecule has 1 aliphatic heterocycles. The van der Waals surface area contributed by atoms with Crippen molar-refractivity contribution in [2.75, 3.05) is 32.8 Å². The molecule has 0 unspecified atom stereocenters. The van der Waals surface area contributed by atoms with Crippen LogP contribution in [-0.4, -0.2) is 43.6 Å². The number of rotatable bonds is 3. The van der Waals surface area contributed by atoms with Crippen LogP contribution in [-0.2, 0) is 4.79 Å². The summed E-state index contributed by atoms with van der Waals surface area (Å²) in [7, 11) is 0. The van der Waals surface area contributed by atoms with Crippen LogP contribution in [0.2, 0.25) is 0 Å². The first kappa shape index (κ1) is 16.3. The molecule has 1 fully saturated rings. The van der Waals surface area contributed by atoms with Gasteiger partial charge >= 0.3 is 5.63 Å². The highest BCUT2D eigenvalue weighted by molar-refractivity contribution is 5.85. The third-order valence-electron chi connectivity index (χ3n) is 3.43. The summed E-state index contributed by atoms with van der Waals surface area (Å²) in [5, 5.41) is 4.01. The van der Waals surface area contributed by atoms with Crippen molar-refractivity contribution < 1.29 is 13.9 Å². The number of benzene rings is 1. The van der Waals surface area contributed by atoms with Crippen molar-refractivity contribution in [3.63, 3.8) is 0 Å².